The van der Waals surface area contributed by atoms with Crippen LogP contribution in [-0.4, -0.2) is 15.4 Å². The predicted molar refractivity (Wildman–Crippen MR) is 78.2 cm³/mol. The number of para-hydroxylation sites is 1. The zero-order valence-corrected chi connectivity index (χ0v) is 12.7. The highest BCUT2D eigenvalue weighted by Gasteiger charge is 2.39. The van der Waals surface area contributed by atoms with Gasteiger partial charge in [0.1, 0.15) is 5.75 Å². The van der Waals surface area contributed by atoms with E-state index in [0.29, 0.717) is 5.69 Å². The monoisotopic (exact) mass is 252 g/mol. The normalized spacial score (nSPS) is 12.4. The fourth-order valence-electron chi connectivity index (χ4n) is 1.28. The summed E-state index contributed by atoms with van der Waals surface area (Å²) in [5, 5.41) is 3.25. The van der Waals surface area contributed by atoms with Crippen LogP contribution in [0.5, 0.6) is 5.75 Å². The van der Waals surface area contributed by atoms with Crippen LogP contribution in [0.3, 0.4) is 0 Å². The highest BCUT2D eigenvalue weighted by molar-refractivity contribution is 6.74. The first-order chi connectivity index (χ1) is 7.69. The number of nitrogens with one attached hydrogen (secondary N) is 1. The second kappa shape index (κ2) is 4.60. The number of benzene rings is 1. The van der Waals surface area contributed by atoms with E-state index in [-0.39, 0.29) is 5.04 Å². The topological polar surface area (TPSA) is 47.3 Å². The van der Waals surface area contributed by atoms with E-state index in [1.807, 2.05) is 25.2 Å². The summed E-state index contributed by atoms with van der Waals surface area (Å²) in [6.07, 6.45) is 0. The van der Waals surface area contributed by atoms with Gasteiger partial charge in [-0.2, -0.15) is 0 Å². The lowest BCUT2D eigenvalue weighted by molar-refractivity contribution is 0.494. The Kier molecular flexibility index (Phi) is 3.77. The molecule has 0 fully saturated rings. The standard InChI is InChI=1S/C13H24N2OSi/c1-13(2,3)17(5,6)16-11-9-7-8-10(15-4)12(11)14/h7-9,15H,14H2,1-6H3. The molecular weight excluding hydrogens is 228 g/mol. The van der Waals surface area contributed by atoms with Gasteiger partial charge < -0.3 is 15.5 Å². The molecule has 0 aromatic heterocycles. The van der Waals surface area contributed by atoms with E-state index in [2.05, 4.69) is 39.2 Å². The van der Waals surface area contributed by atoms with Crippen molar-refractivity contribution in [1.82, 2.24) is 0 Å². The largest absolute Gasteiger partial charge is 0.542 e. The van der Waals surface area contributed by atoms with Crippen LogP contribution < -0.4 is 15.5 Å². The fraction of sp³-hybridized carbons (Fsp3) is 0.538. The van der Waals surface area contributed by atoms with Crippen LogP contribution in [0.15, 0.2) is 18.2 Å². The van der Waals surface area contributed by atoms with Crippen LogP contribution in [-0.2, 0) is 0 Å². The van der Waals surface area contributed by atoms with Gasteiger partial charge in [0.05, 0.1) is 11.4 Å². The molecule has 17 heavy (non-hydrogen) atoms. The van der Waals surface area contributed by atoms with Crippen LogP contribution in [0.1, 0.15) is 20.8 Å². The van der Waals surface area contributed by atoms with Crippen molar-refractivity contribution in [3.8, 4) is 5.75 Å². The zero-order chi connectivity index (χ0) is 13.3. The molecule has 3 nitrogen and oxygen atoms in total. The van der Waals surface area contributed by atoms with E-state index < -0.39 is 8.32 Å². The first kappa shape index (κ1) is 13.9. The molecule has 0 bridgehead atoms. The molecule has 0 saturated heterocycles. The summed E-state index contributed by atoms with van der Waals surface area (Å²) in [6.45, 7) is 11.1. The number of hydrogen-bond donors (Lipinski definition) is 2. The minimum absolute atomic E-state index is 0.176. The quantitative estimate of drug-likeness (QED) is 0.637. The van der Waals surface area contributed by atoms with E-state index in [0.717, 1.165) is 11.4 Å². The van der Waals surface area contributed by atoms with E-state index in [1.165, 1.54) is 0 Å². The predicted octanol–water partition coefficient (Wildman–Crippen LogP) is 3.69. The molecule has 0 aliphatic carbocycles. The van der Waals surface area contributed by atoms with Gasteiger partial charge in [0, 0.05) is 7.05 Å². The lowest BCUT2D eigenvalue weighted by atomic mass is 10.2. The van der Waals surface area contributed by atoms with Gasteiger partial charge in [-0.15, -0.1) is 0 Å². The Morgan fingerprint density at radius 2 is 1.82 bits per heavy atom. The molecule has 0 heterocycles. The summed E-state index contributed by atoms with van der Waals surface area (Å²) in [4.78, 5) is 0. The van der Waals surface area contributed by atoms with Crippen molar-refractivity contribution in [3.05, 3.63) is 18.2 Å². The summed E-state index contributed by atoms with van der Waals surface area (Å²) >= 11 is 0. The van der Waals surface area contributed by atoms with Crippen molar-refractivity contribution in [2.24, 2.45) is 0 Å². The molecule has 1 aromatic rings. The van der Waals surface area contributed by atoms with Crippen molar-refractivity contribution in [1.29, 1.82) is 0 Å². The maximum Gasteiger partial charge on any atom is 0.250 e. The van der Waals surface area contributed by atoms with E-state index in [1.54, 1.807) is 0 Å². The molecule has 4 heteroatoms. The minimum Gasteiger partial charge on any atom is -0.542 e. The zero-order valence-electron chi connectivity index (χ0n) is 11.7. The summed E-state index contributed by atoms with van der Waals surface area (Å²) in [7, 11) is 0.0423. The van der Waals surface area contributed by atoms with E-state index >= 15 is 0 Å². The molecule has 0 aliphatic rings. The molecule has 1 rings (SSSR count). The lowest BCUT2D eigenvalue weighted by Gasteiger charge is -2.36. The molecule has 0 atom stereocenters. The van der Waals surface area contributed by atoms with Gasteiger partial charge in [0.15, 0.2) is 0 Å². The van der Waals surface area contributed by atoms with Gasteiger partial charge in [-0.3, -0.25) is 0 Å². The summed E-state index contributed by atoms with van der Waals surface area (Å²) < 4.78 is 6.21. The SMILES string of the molecule is CNc1cccc(O[Si](C)(C)C(C)(C)C)c1N. The molecule has 3 N–H and O–H groups in total. The van der Waals surface area contributed by atoms with Gasteiger partial charge in [-0.1, -0.05) is 26.8 Å². The second-order valence-electron chi connectivity index (χ2n) is 5.83. The van der Waals surface area contributed by atoms with Gasteiger partial charge in [-0.05, 0) is 30.3 Å². The molecule has 96 valence electrons. The average molecular weight is 252 g/mol. The van der Waals surface area contributed by atoms with Crippen LogP contribution in [0.2, 0.25) is 18.1 Å². The molecule has 0 unspecified atom stereocenters. The highest BCUT2D eigenvalue weighted by atomic mass is 28.4. The fourth-order valence-corrected chi connectivity index (χ4v) is 2.31. The van der Waals surface area contributed by atoms with Gasteiger partial charge >= 0.3 is 0 Å². The van der Waals surface area contributed by atoms with Gasteiger partial charge in [0.2, 0.25) is 0 Å². The van der Waals surface area contributed by atoms with Gasteiger partial charge in [-0.25, -0.2) is 0 Å². The van der Waals surface area contributed by atoms with E-state index in [4.69, 9.17) is 10.2 Å². The molecule has 1 aromatic carbocycles. The maximum atomic E-state index is 6.21. The van der Waals surface area contributed by atoms with Crippen molar-refractivity contribution in [2.45, 2.75) is 38.9 Å². The Hall–Kier alpha value is -1.16. The second-order valence-corrected chi connectivity index (χ2v) is 10.6. The van der Waals surface area contributed by atoms with Crippen molar-refractivity contribution >= 4 is 19.7 Å². The van der Waals surface area contributed by atoms with Crippen molar-refractivity contribution < 1.29 is 4.43 Å². The van der Waals surface area contributed by atoms with Gasteiger partial charge in [0.25, 0.3) is 8.32 Å². The summed E-state index contributed by atoms with van der Waals surface area (Å²) in [6, 6.07) is 5.86. The van der Waals surface area contributed by atoms with Crippen LogP contribution in [0, 0.1) is 0 Å². The smallest absolute Gasteiger partial charge is 0.250 e. The molecule has 0 spiro atoms. The third-order valence-corrected chi connectivity index (χ3v) is 7.85. The first-order valence-electron chi connectivity index (χ1n) is 5.94. The first-order valence-corrected chi connectivity index (χ1v) is 8.85. The lowest BCUT2D eigenvalue weighted by Crippen LogP contribution is -2.44. The third kappa shape index (κ3) is 2.94. The third-order valence-electron chi connectivity index (χ3n) is 3.51. The Morgan fingerprint density at radius 3 is 2.29 bits per heavy atom. The Morgan fingerprint density at radius 1 is 1.24 bits per heavy atom. The molecule has 0 aliphatic heterocycles. The van der Waals surface area contributed by atoms with Crippen molar-refractivity contribution in [3.63, 3.8) is 0 Å². The van der Waals surface area contributed by atoms with E-state index in [9.17, 15) is 0 Å². The Balaban J connectivity index is 3.04. The van der Waals surface area contributed by atoms with Crippen molar-refractivity contribution in [2.75, 3.05) is 18.1 Å². The average Bonchev–Trinajstić information content (AvgIpc) is 2.19. The maximum absolute atomic E-state index is 6.21. The molecule has 0 saturated carbocycles. The van der Waals surface area contributed by atoms with Crippen LogP contribution >= 0.6 is 0 Å². The number of nitrogen functional groups attached to an aromatic ring is 1. The molecule has 0 radical (unpaired) electrons. The number of anilines is 2. The molecule has 0 amide bonds. The van der Waals surface area contributed by atoms with Crippen LogP contribution in [0.4, 0.5) is 11.4 Å². The summed E-state index contributed by atoms with van der Waals surface area (Å²) in [5.74, 6) is 0.795. The number of nitrogens with two attached hydrogens (primary N) is 1. The Labute approximate surface area is 105 Å². The Bertz CT molecular complexity index is 397. The minimum atomic E-state index is -1.82. The number of hydrogen-bond acceptors (Lipinski definition) is 3. The van der Waals surface area contributed by atoms with Crippen LogP contribution in [0.25, 0.3) is 0 Å². The summed E-state index contributed by atoms with van der Waals surface area (Å²) in [5.41, 5.74) is 7.69. The molecular formula is C13H24N2OSi. The number of rotatable bonds is 3. The highest BCUT2D eigenvalue weighted by Crippen LogP contribution is 2.40.